The third-order valence-corrected chi connectivity index (χ3v) is 5.93. The number of anilines is 2. The first-order valence-electron chi connectivity index (χ1n) is 11.1. The van der Waals surface area contributed by atoms with Gasteiger partial charge in [-0.3, -0.25) is 9.88 Å². The van der Waals surface area contributed by atoms with Crippen LogP contribution in [-0.2, 0) is 18.3 Å². The number of halogens is 1. The summed E-state index contributed by atoms with van der Waals surface area (Å²) < 4.78 is 21.9. The number of rotatable bonds is 5. The molecular formula is C25H27FN6O. The highest BCUT2D eigenvalue weighted by molar-refractivity contribution is 5.84. The number of ether oxygens (including phenoxy) is 1. The summed E-state index contributed by atoms with van der Waals surface area (Å²) >= 11 is 0. The molecular weight excluding hydrogens is 419 g/mol. The topological polar surface area (TPSA) is 68.1 Å². The monoisotopic (exact) mass is 446 g/mol. The lowest BCUT2D eigenvalue weighted by atomic mass is 10.1. The van der Waals surface area contributed by atoms with Crippen molar-refractivity contribution in [3.63, 3.8) is 0 Å². The quantitative estimate of drug-likeness (QED) is 0.489. The number of fused-ring (bicyclic) bond motifs is 1. The van der Waals surface area contributed by atoms with Crippen LogP contribution in [0, 0.1) is 19.7 Å². The Morgan fingerprint density at radius 1 is 1.12 bits per heavy atom. The first kappa shape index (κ1) is 21.5. The fraction of sp³-hybridized carbons (Fsp3) is 0.320. The smallest absolute Gasteiger partial charge is 0.227 e. The summed E-state index contributed by atoms with van der Waals surface area (Å²) in [7, 11) is 1.99. The van der Waals surface area contributed by atoms with Crippen molar-refractivity contribution in [3.05, 3.63) is 77.3 Å². The van der Waals surface area contributed by atoms with Crippen LogP contribution in [0.3, 0.4) is 0 Å². The SMILES string of the molecule is Cc1cc(C)nc(Nc2ccc(C3CN(Cc4cn(C)c5ccc(F)cc45)CCO3)nc2)n1. The molecule has 1 N–H and O–H groups in total. The molecule has 0 saturated carbocycles. The van der Waals surface area contributed by atoms with E-state index in [1.54, 1.807) is 12.3 Å². The van der Waals surface area contributed by atoms with Gasteiger partial charge in [0.1, 0.15) is 11.9 Å². The zero-order valence-electron chi connectivity index (χ0n) is 19.0. The average Bonchev–Trinajstić information content (AvgIpc) is 3.08. The second kappa shape index (κ2) is 8.88. The number of nitrogens with one attached hydrogen (secondary N) is 1. The van der Waals surface area contributed by atoms with Crippen LogP contribution in [0.1, 0.15) is 28.7 Å². The van der Waals surface area contributed by atoms with E-state index in [1.807, 2.05) is 45.2 Å². The summed E-state index contributed by atoms with van der Waals surface area (Å²) in [4.78, 5) is 15.8. The molecule has 1 aliphatic heterocycles. The Hall–Kier alpha value is -3.36. The first-order chi connectivity index (χ1) is 15.9. The summed E-state index contributed by atoms with van der Waals surface area (Å²) in [6.45, 7) is 6.81. The molecule has 1 fully saturated rings. The van der Waals surface area contributed by atoms with Crippen molar-refractivity contribution in [3.8, 4) is 0 Å². The van der Waals surface area contributed by atoms with Crippen molar-refractivity contribution in [2.45, 2.75) is 26.5 Å². The van der Waals surface area contributed by atoms with Gasteiger partial charge in [-0.05, 0) is 55.8 Å². The van der Waals surface area contributed by atoms with E-state index in [0.29, 0.717) is 12.6 Å². The number of aryl methyl sites for hydroxylation is 3. The molecule has 33 heavy (non-hydrogen) atoms. The predicted molar refractivity (Wildman–Crippen MR) is 126 cm³/mol. The molecule has 0 amide bonds. The Kier molecular flexibility index (Phi) is 5.78. The van der Waals surface area contributed by atoms with Crippen molar-refractivity contribution in [1.29, 1.82) is 0 Å². The Balaban J connectivity index is 1.27. The molecule has 170 valence electrons. The first-order valence-corrected chi connectivity index (χ1v) is 11.1. The number of hydrogen-bond donors (Lipinski definition) is 1. The van der Waals surface area contributed by atoms with Gasteiger partial charge in [0.25, 0.3) is 0 Å². The highest BCUT2D eigenvalue weighted by Crippen LogP contribution is 2.27. The molecule has 1 aliphatic rings. The lowest BCUT2D eigenvalue weighted by Crippen LogP contribution is -2.38. The van der Waals surface area contributed by atoms with E-state index in [1.165, 1.54) is 6.07 Å². The van der Waals surface area contributed by atoms with Gasteiger partial charge in [-0.2, -0.15) is 0 Å². The van der Waals surface area contributed by atoms with Crippen LogP contribution in [0.15, 0.2) is 48.8 Å². The van der Waals surface area contributed by atoms with Crippen LogP contribution in [0.25, 0.3) is 10.9 Å². The molecule has 1 unspecified atom stereocenters. The van der Waals surface area contributed by atoms with Crippen LogP contribution in [0.5, 0.6) is 0 Å². The molecule has 7 nitrogen and oxygen atoms in total. The molecule has 8 heteroatoms. The van der Waals surface area contributed by atoms with Crippen molar-refractivity contribution in [2.75, 3.05) is 25.0 Å². The molecule has 0 radical (unpaired) electrons. The molecule has 1 atom stereocenters. The predicted octanol–water partition coefficient (Wildman–Crippen LogP) is 4.44. The zero-order chi connectivity index (χ0) is 22.9. The molecule has 0 aliphatic carbocycles. The van der Waals surface area contributed by atoms with Gasteiger partial charge in [0.05, 0.1) is 24.2 Å². The molecule has 0 bridgehead atoms. The Morgan fingerprint density at radius 3 is 2.70 bits per heavy atom. The van der Waals surface area contributed by atoms with E-state index in [0.717, 1.165) is 58.9 Å². The number of pyridine rings is 1. The molecule has 1 saturated heterocycles. The molecule has 1 aromatic carbocycles. The Labute approximate surface area is 192 Å². The maximum absolute atomic E-state index is 13.8. The van der Waals surface area contributed by atoms with Crippen LogP contribution in [-0.4, -0.2) is 44.1 Å². The molecule has 0 spiro atoms. The van der Waals surface area contributed by atoms with Crippen molar-refractivity contribution in [1.82, 2.24) is 24.4 Å². The summed E-state index contributed by atoms with van der Waals surface area (Å²) in [6.07, 6.45) is 3.76. The standard InChI is InChI=1S/C25H27FN6O/c1-16-10-17(2)29-25(28-16)30-20-5-6-22(27-12-20)24-15-32(8-9-33-24)14-18-13-31(3)23-7-4-19(26)11-21(18)23/h4-7,10-13,24H,8-9,14-15H2,1-3H3,(H,28,29,30). The molecule has 4 aromatic rings. The minimum Gasteiger partial charge on any atom is -0.369 e. The van der Waals surface area contributed by atoms with Gasteiger partial charge in [-0.1, -0.05) is 0 Å². The van der Waals surface area contributed by atoms with Crippen molar-refractivity contribution in [2.24, 2.45) is 7.05 Å². The summed E-state index contributed by atoms with van der Waals surface area (Å²) in [5.41, 5.74) is 5.70. The summed E-state index contributed by atoms with van der Waals surface area (Å²) in [6, 6.07) is 10.8. The minimum absolute atomic E-state index is 0.114. The van der Waals surface area contributed by atoms with Gasteiger partial charge in [-0.15, -0.1) is 0 Å². The molecule has 4 heterocycles. The molecule has 5 rings (SSSR count). The van der Waals surface area contributed by atoms with Crippen molar-refractivity contribution >= 4 is 22.5 Å². The lowest BCUT2D eigenvalue weighted by Gasteiger charge is -2.32. The van der Waals surface area contributed by atoms with Gasteiger partial charge in [0.2, 0.25) is 5.95 Å². The Bertz CT molecular complexity index is 1270. The fourth-order valence-electron chi connectivity index (χ4n) is 4.42. The van der Waals surface area contributed by atoms with Crippen molar-refractivity contribution < 1.29 is 9.13 Å². The number of morpholine rings is 1. The summed E-state index contributed by atoms with van der Waals surface area (Å²) in [5.74, 6) is 0.354. The third-order valence-electron chi connectivity index (χ3n) is 5.93. The van der Waals surface area contributed by atoms with Gasteiger partial charge in [0.15, 0.2) is 0 Å². The van der Waals surface area contributed by atoms with E-state index in [4.69, 9.17) is 4.74 Å². The fourth-order valence-corrected chi connectivity index (χ4v) is 4.42. The number of hydrogen-bond acceptors (Lipinski definition) is 6. The highest BCUT2D eigenvalue weighted by atomic mass is 19.1. The van der Waals surface area contributed by atoms with E-state index >= 15 is 0 Å². The van der Waals surface area contributed by atoms with Gasteiger partial charge < -0.3 is 14.6 Å². The van der Waals surface area contributed by atoms with Gasteiger partial charge in [0, 0.05) is 55.2 Å². The minimum atomic E-state index is -0.209. The van der Waals surface area contributed by atoms with E-state index in [-0.39, 0.29) is 11.9 Å². The normalized spacial score (nSPS) is 16.9. The van der Waals surface area contributed by atoms with Crippen LogP contribution in [0.2, 0.25) is 0 Å². The van der Waals surface area contributed by atoms with Crippen LogP contribution >= 0.6 is 0 Å². The largest absolute Gasteiger partial charge is 0.369 e. The lowest BCUT2D eigenvalue weighted by molar-refractivity contribution is -0.0348. The van der Waals surface area contributed by atoms with Gasteiger partial charge >= 0.3 is 0 Å². The second-order valence-electron chi connectivity index (χ2n) is 8.59. The van der Waals surface area contributed by atoms with E-state index in [9.17, 15) is 4.39 Å². The van der Waals surface area contributed by atoms with Crippen LogP contribution in [0.4, 0.5) is 16.0 Å². The van der Waals surface area contributed by atoms with E-state index in [2.05, 4.69) is 35.9 Å². The highest BCUT2D eigenvalue weighted by Gasteiger charge is 2.24. The second-order valence-corrected chi connectivity index (χ2v) is 8.59. The number of nitrogens with zero attached hydrogens (tertiary/aromatic N) is 5. The number of aromatic nitrogens is 4. The molecule has 3 aromatic heterocycles. The third kappa shape index (κ3) is 4.72. The van der Waals surface area contributed by atoms with Crippen LogP contribution < -0.4 is 5.32 Å². The average molecular weight is 447 g/mol. The zero-order valence-corrected chi connectivity index (χ0v) is 19.0. The summed E-state index contributed by atoms with van der Waals surface area (Å²) in [5, 5.41) is 4.17. The number of benzene rings is 1. The Morgan fingerprint density at radius 2 is 1.94 bits per heavy atom. The maximum Gasteiger partial charge on any atom is 0.227 e. The van der Waals surface area contributed by atoms with Gasteiger partial charge in [-0.25, -0.2) is 14.4 Å². The van der Waals surface area contributed by atoms with E-state index < -0.39 is 0 Å². The maximum atomic E-state index is 13.8.